The first-order valence-electron chi connectivity index (χ1n) is 5.64. The van der Waals surface area contributed by atoms with Gasteiger partial charge in [0.1, 0.15) is 11.3 Å². The van der Waals surface area contributed by atoms with E-state index in [4.69, 9.17) is 14.3 Å². The lowest BCUT2D eigenvalue weighted by atomic mass is 10.5. The van der Waals surface area contributed by atoms with Crippen molar-refractivity contribution >= 4 is 29.3 Å². The minimum atomic E-state index is -1.08. The van der Waals surface area contributed by atoms with Crippen molar-refractivity contribution in [3.63, 3.8) is 0 Å². The number of carbonyl (C=O) groups excluding carboxylic acids is 1. The average molecular weight is 297 g/mol. The van der Waals surface area contributed by atoms with Gasteiger partial charge >= 0.3 is 11.9 Å². The molecule has 9 heteroatoms. The zero-order valence-corrected chi connectivity index (χ0v) is 11.3. The minimum absolute atomic E-state index is 0.00795. The summed E-state index contributed by atoms with van der Waals surface area (Å²) in [6.45, 7) is 2.20. The highest BCUT2D eigenvalue weighted by Gasteiger charge is 2.13. The van der Waals surface area contributed by atoms with E-state index in [0.717, 1.165) is 0 Å². The van der Waals surface area contributed by atoms with Crippen LogP contribution in [0.2, 0.25) is 0 Å². The number of hydrogen-bond acceptors (Lipinski definition) is 8. The number of carbonyl (C=O) groups is 2. The number of aromatic carboxylic acids is 1. The Kier molecular flexibility index (Phi) is 4.31. The Bertz CT molecular complexity index is 621. The number of rotatable bonds is 6. The van der Waals surface area contributed by atoms with E-state index < -0.39 is 11.9 Å². The van der Waals surface area contributed by atoms with Crippen LogP contribution in [0.15, 0.2) is 16.1 Å². The molecular formula is C11H11N3O5S. The highest BCUT2D eigenvalue weighted by molar-refractivity contribution is 7.09. The second-order valence-electron chi connectivity index (χ2n) is 3.54. The Morgan fingerprint density at radius 1 is 1.45 bits per heavy atom. The topological polar surface area (TPSA) is 115 Å². The maximum Gasteiger partial charge on any atom is 0.360 e. The average Bonchev–Trinajstić information content (AvgIpc) is 3.06. The van der Waals surface area contributed by atoms with E-state index in [2.05, 4.69) is 15.3 Å². The molecule has 20 heavy (non-hydrogen) atoms. The molecule has 0 atom stereocenters. The molecule has 2 rings (SSSR count). The number of aromatic nitrogens is 2. The van der Waals surface area contributed by atoms with Gasteiger partial charge in [0.05, 0.1) is 13.2 Å². The summed E-state index contributed by atoms with van der Waals surface area (Å²) in [7, 11) is 0. The maximum absolute atomic E-state index is 11.4. The number of hydrogen-bond donors (Lipinski definition) is 2. The van der Waals surface area contributed by atoms with Crippen LogP contribution in [0.25, 0.3) is 0 Å². The van der Waals surface area contributed by atoms with E-state index >= 15 is 0 Å². The van der Waals surface area contributed by atoms with Crippen molar-refractivity contribution in [2.75, 3.05) is 11.9 Å². The van der Waals surface area contributed by atoms with E-state index in [1.165, 1.54) is 23.0 Å². The fraction of sp³-hybridized carbons (Fsp3) is 0.273. The lowest BCUT2D eigenvalue weighted by Gasteiger charge is -1.97. The molecule has 0 aliphatic rings. The highest BCUT2D eigenvalue weighted by atomic mass is 32.1. The minimum Gasteiger partial charge on any atom is -0.476 e. The van der Waals surface area contributed by atoms with Crippen molar-refractivity contribution in [2.45, 2.75) is 13.5 Å². The van der Waals surface area contributed by atoms with Crippen molar-refractivity contribution in [3.8, 4) is 0 Å². The molecule has 0 saturated heterocycles. The van der Waals surface area contributed by atoms with Crippen LogP contribution in [-0.4, -0.2) is 33.6 Å². The third kappa shape index (κ3) is 3.32. The van der Waals surface area contributed by atoms with Gasteiger partial charge in [-0.15, -0.1) is 11.3 Å². The summed E-state index contributed by atoms with van der Waals surface area (Å²) in [6, 6.07) is 0.139. The fourth-order valence-electron chi connectivity index (χ4n) is 1.30. The highest BCUT2D eigenvalue weighted by Crippen LogP contribution is 2.13. The fourth-order valence-corrected chi connectivity index (χ4v) is 2.00. The molecule has 106 valence electrons. The van der Waals surface area contributed by atoms with Crippen LogP contribution in [0.4, 0.5) is 6.01 Å². The number of esters is 1. The van der Waals surface area contributed by atoms with Crippen LogP contribution in [0, 0.1) is 0 Å². The SMILES string of the molecule is CCOC(=O)c1coc(NCc2nc(C(=O)O)cs2)n1. The number of carboxylic acid groups (broad SMARTS) is 1. The summed E-state index contributed by atoms with van der Waals surface area (Å²) in [5, 5.41) is 13.6. The summed E-state index contributed by atoms with van der Waals surface area (Å²) in [5.41, 5.74) is 0.0612. The summed E-state index contributed by atoms with van der Waals surface area (Å²) >= 11 is 1.20. The van der Waals surface area contributed by atoms with E-state index in [1.54, 1.807) is 6.92 Å². The predicted molar refractivity (Wildman–Crippen MR) is 68.9 cm³/mol. The second kappa shape index (κ2) is 6.15. The Morgan fingerprint density at radius 3 is 2.90 bits per heavy atom. The Morgan fingerprint density at radius 2 is 2.25 bits per heavy atom. The second-order valence-corrected chi connectivity index (χ2v) is 4.49. The van der Waals surface area contributed by atoms with Crippen LogP contribution in [-0.2, 0) is 11.3 Å². The molecular weight excluding hydrogens is 286 g/mol. The molecule has 0 aromatic carbocycles. The first kappa shape index (κ1) is 14.0. The van der Waals surface area contributed by atoms with Gasteiger partial charge < -0.3 is 19.6 Å². The number of thiazole rings is 1. The molecule has 2 aromatic heterocycles. The van der Waals surface area contributed by atoms with Crippen molar-refractivity contribution in [1.29, 1.82) is 0 Å². The van der Waals surface area contributed by atoms with E-state index in [1.807, 2.05) is 0 Å². The molecule has 0 saturated carbocycles. The van der Waals surface area contributed by atoms with Crippen molar-refractivity contribution in [1.82, 2.24) is 9.97 Å². The smallest absolute Gasteiger partial charge is 0.360 e. The number of nitrogens with zero attached hydrogens (tertiary/aromatic N) is 2. The third-order valence-electron chi connectivity index (χ3n) is 2.15. The zero-order chi connectivity index (χ0) is 14.5. The van der Waals surface area contributed by atoms with Crippen molar-refractivity contribution < 1.29 is 23.8 Å². The Hall–Kier alpha value is -2.42. The summed E-state index contributed by atoms with van der Waals surface area (Å²) in [5.74, 6) is -1.64. The summed E-state index contributed by atoms with van der Waals surface area (Å²) in [6.07, 6.45) is 1.19. The van der Waals surface area contributed by atoms with Crippen molar-refractivity contribution in [3.05, 3.63) is 28.0 Å². The van der Waals surface area contributed by atoms with Gasteiger partial charge in [-0.2, -0.15) is 4.98 Å². The van der Waals surface area contributed by atoms with Gasteiger partial charge in [0.2, 0.25) is 0 Å². The number of anilines is 1. The van der Waals surface area contributed by atoms with E-state index in [9.17, 15) is 9.59 Å². The molecule has 0 unspecified atom stereocenters. The molecule has 8 nitrogen and oxygen atoms in total. The molecule has 0 radical (unpaired) electrons. The molecule has 2 aromatic rings. The van der Waals surface area contributed by atoms with Gasteiger partial charge in [-0.1, -0.05) is 0 Å². The lowest BCUT2D eigenvalue weighted by Crippen LogP contribution is -2.06. The monoisotopic (exact) mass is 297 g/mol. The quantitative estimate of drug-likeness (QED) is 0.773. The normalized spacial score (nSPS) is 10.2. The number of ether oxygens (including phenoxy) is 1. The number of carboxylic acids is 1. The van der Waals surface area contributed by atoms with Crippen LogP contribution in [0.5, 0.6) is 0 Å². The molecule has 0 aliphatic carbocycles. The lowest BCUT2D eigenvalue weighted by molar-refractivity contribution is 0.0519. The predicted octanol–water partition coefficient (Wildman–Crippen LogP) is 1.62. The van der Waals surface area contributed by atoms with Gasteiger partial charge in [0.15, 0.2) is 11.4 Å². The maximum atomic E-state index is 11.4. The number of nitrogens with one attached hydrogen (secondary N) is 1. The number of oxazole rings is 1. The van der Waals surface area contributed by atoms with E-state index in [0.29, 0.717) is 5.01 Å². The Balaban J connectivity index is 1.93. The molecule has 2 N–H and O–H groups in total. The van der Waals surface area contributed by atoms with Gasteiger partial charge in [-0.25, -0.2) is 14.6 Å². The van der Waals surface area contributed by atoms with Crippen LogP contribution < -0.4 is 5.32 Å². The molecule has 0 aliphatic heterocycles. The zero-order valence-electron chi connectivity index (χ0n) is 10.5. The standard InChI is InChI=1S/C11H11N3O5S/c1-2-18-10(17)6-4-19-11(14-6)12-3-8-13-7(5-20-8)9(15)16/h4-5H,2-3H2,1H3,(H,12,14)(H,15,16). The summed E-state index contributed by atoms with van der Waals surface area (Å²) in [4.78, 5) is 29.8. The van der Waals surface area contributed by atoms with Gasteiger partial charge in [-0.3, -0.25) is 0 Å². The first-order valence-corrected chi connectivity index (χ1v) is 6.52. The van der Waals surface area contributed by atoms with Gasteiger partial charge in [-0.05, 0) is 6.92 Å². The molecule has 2 heterocycles. The van der Waals surface area contributed by atoms with Crippen LogP contribution in [0.1, 0.15) is 32.9 Å². The molecule has 0 spiro atoms. The first-order chi connectivity index (χ1) is 9.60. The van der Waals surface area contributed by atoms with Crippen LogP contribution >= 0.6 is 11.3 Å². The molecule has 0 fully saturated rings. The Labute approximate surface area is 117 Å². The van der Waals surface area contributed by atoms with Crippen molar-refractivity contribution in [2.24, 2.45) is 0 Å². The van der Waals surface area contributed by atoms with Gasteiger partial charge in [0.25, 0.3) is 6.01 Å². The molecule has 0 bridgehead atoms. The van der Waals surface area contributed by atoms with Crippen LogP contribution in [0.3, 0.4) is 0 Å². The largest absolute Gasteiger partial charge is 0.476 e. The summed E-state index contributed by atoms with van der Waals surface area (Å²) < 4.78 is 9.81. The molecule has 0 amide bonds. The van der Waals surface area contributed by atoms with E-state index in [-0.39, 0.29) is 30.6 Å². The third-order valence-corrected chi connectivity index (χ3v) is 3.00. The van der Waals surface area contributed by atoms with Gasteiger partial charge in [0, 0.05) is 5.38 Å².